The van der Waals surface area contributed by atoms with Gasteiger partial charge in [-0.2, -0.15) is 5.10 Å². The Balaban J connectivity index is 1.57. The lowest BCUT2D eigenvalue weighted by atomic mass is 9.74. The van der Waals surface area contributed by atoms with Gasteiger partial charge in [0.05, 0.1) is 36.5 Å². The van der Waals surface area contributed by atoms with Gasteiger partial charge in [-0.25, -0.2) is 4.68 Å². The summed E-state index contributed by atoms with van der Waals surface area (Å²) in [5, 5.41) is 7.22. The maximum Gasteiger partial charge on any atom is 0.289 e. The molecule has 158 valence electrons. The van der Waals surface area contributed by atoms with E-state index in [0.29, 0.717) is 0 Å². The SMILES string of the molecule is COc1ccc(-n2ncc3c2CC(C)(C)C[C@@H]3NC(=O)CN2C(=O)CSC2=O)cc1. The minimum Gasteiger partial charge on any atom is -0.497 e. The van der Waals surface area contributed by atoms with Crippen molar-refractivity contribution in [1.82, 2.24) is 20.0 Å². The number of rotatable bonds is 5. The first-order valence-corrected chi connectivity index (χ1v) is 10.7. The molecule has 0 radical (unpaired) electrons. The molecule has 1 aliphatic carbocycles. The molecule has 2 aromatic rings. The van der Waals surface area contributed by atoms with Crippen LogP contribution in [0.2, 0.25) is 0 Å². The van der Waals surface area contributed by atoms with Gasteiger partial charge in [0.2, 0.25) is 11.8 Å². The van der Waals surface area contributed by atoms with Crippen molar-refractivity contribution in [3.05, 3.63) is 41.7 Å². The van der Waals surface area contributed by atoms with Crippen molar-refractivity contribution >= 4 is 28.8 Å². The van der Waals surface area contributed by atoms with E-state index >= 15 is 0 Å². The molecule has 8 nitrogen and oxygen atoms in total. The first kappa shape index (κ1) is 20.5. The minimum absolute atomic E-state index is 0.0513. The van der Waals surface area contributed by atoms with Crippen LogP contribution in [0, 0.1) is 5.41 Å². The second-order valence-corrected chi connectivity index (χ2v) is 9.28. The van der Waals surface area contributed by atoms with Crippen LogP contribution >= 0.6 is 11.8 Å². The van der Waals surface area contributed by atoms with Crippen molar-refractivity contribution in [3.8, 4) is 11.4 Å². The Labute approximate surface area is 178 Å². The summed E-state index contributed by atoms with van der Waals surface area (Å²) in [7, 11) is 1.63. The quantitative estimate of drug-likeness (QED) is 0.787. The van der Waals surface area contributed by atoms with Crippen molar-refractivity contribution in [2.24, 2.45) is 5.41 Å². The van der Waals surface area contributed by atoms with Crippen molar-refractivity contribution < 1.29 is 19.1 Å². The van der Waals surface area contributed by atoms with Crippen LogP contribution < -0.4 is 10.1 Å². The van der Waals surface area contributed by atoms with Gasteiger partial charge in [-0.05, 0) is 42.5 Å². The summed E-state index contributed by atoms with van der Waals surface area (Å²) in [5.74, 6) is 0.207. The normalized spacial score (nSPS) is 20.2. The smallest absolute Gasteiger partial charge is 0.289 e. The summed E-state index contributed by atoms with van der Waals surface area (Å²) in [6.07, 6.45) is 3.36. The Morgan fingerprint density at radius 1 is 1.30 bits per heavy atom. The average Bonchev–Trinajstić information content (AvgIpc) is 3.25. The van der Waals surface area contributed by atoms with Gasteiger partial charge < -0.3 is 10.1 Å². The lowest BCUT2D eigenvalue weighted by Gasteiger charge is -2.36. The molecule has 0 unspecified atom stereocenters. The molecule has 9 heteroatoms. The predicted octanol–water partition coefficient (Wildman–Crippen LogP) is 2.71. The summed E-state index contributed by atoms with van der Waals surface area (Å²) in [4.78, 5) is 37.2. The number of thioether (sulfide) groups is 1. The third-order valence-corrected chi connectivity index (χ3v) is 6.33. The third-order valence-electron chi connectivity index (χ3n) is 5.47. The number of carbonyl (C=O) groups is 3. The fourth-order valence-corrected chi connectivity index (χ4v) is 4.76. The zero-order valence-electron chi connectivity index (χ0n) is 17.2. The number of nitrogens with one attached hydrogen (secondary N) is 1. The zero-order chi connectivity index (χ0) is 21.5. The molecular weight excluding hydrogens is 404 g/mol. The Kier molecular flexibility index (Phi) is 5.31. The number of nitrogens with zero attached hydrogens (tertiary/aromatic N) is 3. The fourth-order valence-electron chi connectivity index (χ4n) is 4.03. The number of fused-ring (bicyclic) bond motifs is 1. The summed E-state index contributed by atoms with van der Waals surface area (Å²) < 4.78 is 7.13. The molecule has 0 spiro atoms. The van der Waals surface area contributed by atoms with E-state index in [4.69, 9.17) is 4.74 Å². The lowest BCUT2D eigenvalue weighted by molar-refractivity contribution is -0.131. The van der Waals surface area contributed by atoms with Crippen LogP contribution in [0.1, 0.15) is 37.6 Å². The van der Waals surface area contributed by atoms with E-state index in [1.54, 1.807) is 13.3 Å². The van der Waals surface area contributed by atoms with Gasteiger partial charge in [0, 0.05) is 5.56 Å². The monoisotopic (exact) mass is 428 g/mol. The van der Waals surface area contributed by atoms with Gasteiger partial charge in [0.1, 0.15) is 12.3 Å². The number of benzene rings is 1. The topological polar surface area (TPSA) is 93.5 Å². The second-order valence-electron chi connectivity index (χ2n) is 8.36. The highest BCUT2D eigenvalue weighted by Gasteiger charge is 2.37. The Morgan fingerprint density at radius 3 is 2.67 bits per heavy atom. The number of amides is 3. The molecule has 1 N–H and O–H groups in total. The molecule has 3 amide bonds. The highest BCUT2D eigenvalue weighted by molar-refractivity contribution is 8.14. The fraction of sp³-hybridized carbons (Fsp3) is 0.429. The molecular formula is C21H24N4O4S. The Hall–Kier alpha value is -2.81. The van der Waals surface area contributed by atoms with Gasteiger partial charge >= 0.3 is 0 Å². The Morgan fingerprint density at radius 2 is 2.03 bits per heavy atom. The van der Waals surface area contributed by atoms with Crippen molar-refractivity contribution in [1.29, 1.82) is 0 Å². The maximum absolute atomic E-state index is 12.6. The van der Waals surface area contributed by atoms with E-state index in [2.05, 4.69) is 24.3 Å². The molecule has 0 bridgehead atoms. The van der Waals surface area contributed by atoms with Gasteiger partial charge in [-0.15, -0.1) is 0 Å². The lowest BCUT2D eigenvalue weighted by Crippen LogP contribution is -2.43. The van der Waals surface area contributed by atoms with Crippen LogP contribution in [0.4, 0.5) is 4.79 Å². The van der Waals surface area contributed by atoms with E-state index < -0.39 is 0 Å². The number of imide groups is 1. The van der Waals surface area contributed by atoms with E-state index in [1.165, 1.54) is 0 Å². The van der Waals surface area contributed by atoms with Crippen LogP contribution in [0.3, 0.4) is 0 Å². The summed E-state index contributed by atoms with van der Waals surface area (Å²) in [6, 6.07) is 7.44. The summed E-state index contributed by atoms with van der Waals surface area (Å²) in [6.45, 7) is 4.07. The number of aromatic nitrogens is 2. The molecule has 30 heavy (non-hydrogen) atoms. The first-order valence-electron chi connectivity index (χ1n) is 9.75. The maximum atomic E-state index is 12.6. The van der Waals surface area contributed by atoms with Crippen LogP contribution in [0.25, 0.3) is 5.69 Å². The molecule has 1 aliphatic heterocycles. The molecule has 0 saturated carbocycles. The number of hydrogen-bond donors (Lipinski definition) is 1. The van der Waals surface area contributed by atoms with E-state index in [-0.39, 0.29) is 40.8 Å². The Bertz CT molecular complexity index is 983. The van der Waals surface area contributed by atoms with Crippen LogP contribution in [-0.2, 0) is 16.0 Å². The molecule has 1 fully saturated rings. The first-order chi connectivity index (χ1) is 14.3. The number of ether oxygens (including phenoxy) is 1. The highest BCUT2D eigenvalue weighted by Crippen LogP contribution is 2.41. The van der Waals surface area contributed by atoms with Crippen LogP contribution in [0.5, 0.6) is 5.75 Å². The molecule has 1 aromatic heterocycles. The summed E-state index contributed by atoms with van der Waals surface area (Å²) in [5.41, 5.74) is 2.88. The van der Waals surface area contributed by atoms with E-state index in [1.807, 2.05) is 28.9 Å². The molecule has 2 aliphatic rings. The zero-order valence-corrected chi connectivity index (χ0v) is 18.0. The molecule has 4 rings (SSSR count). The molecule has 1 aromatic carbocycles. The van der Waals surface area contributed by atoms with Crippen LogP contribution in [-0.4, -0.2) is 51.1 Å². The van der Waals surface area contributed by atoms with E-state index in [9.17, 15) is 14.4 Å². The average molecular weight is 429 g/mol. The number of methoxy groups -OCH3 is 1. The standard InChI is InChI=1S/C21H24N4O4S/c1-21(2)8-16(23-18(26)11-24-19(27)12-30-20(24)28)15-10-22-25(17(15)9-21)13-4-6-14(29-3)7-5-13/h4-7,10,16H,8-9,11-12H2,1-3H3,(H,23,26)/t16-/m0/s1. The van der Waals surface area contributed by atoms with Crippen molar-refractivity contribution in [2.75, 3.05) is 19.4 Å². The van der Waals surface area contributed by atoms with Crippen molar-refractivity contribution in [3.63, 3.8) is 0 Å². The summed E-state index contributed by atoms with van der Waals surface area (Å²) >= 11 is 0.929. The van der Waals surface area contributed by atoms with Crippen LogP contribution in [0.15, 0.2) is 30.5 Å². The number of carbonyl (C=O) groups excluding carboxylic acids is 3. The largest absolute Gasteiger partial charge is 0.497 e. The molecule has 1 atom stereocenters. The van der Waals surface area contributed by atoms with E-state index in [0.717, 1.165) is 52.2 Å². The highest BCUT2D eigenvalue weighted by atomic mass is 32.2. The van der Waals surface area contributed by atoms with Gasteiger partial charge in [0.25, 0.3) is 5.24 Å². The van der Waals surface area contributed by atoms with Crippen molar-refractivity contribution in [2.45, 2.75) is 32.7 Å². The molecule has 1 saturated heterocycles. The molecule has 2 heterocycles. The predicted molar refractivity (Wildman–Crippen MR) is 113 cm³/mol. The van der Waals surface area contributed by atoms with Gasteiger partial charge in [0.15, 0.2) is 0 Å². The van der Waals surface area contributed by atoms with Gasteiger partial charge in [-0.3, -0.25) is 19.3 Å². The van der Waals surface area contributed by atoms with Gasteiger partial charge in [-0.1, -0.05) is 25.6 Å². The number of hydrogen-bond acceptors (Lipinski definition) is 6. The minimum atomic E-state index is -0.368. The third kappa shape index (κ3) is 3.94. The second kappa shape index (κ2) is 7.79.